The van der Waals surface area contributed by atoms with Crippen molar-refractivity contribution < 1.29 is 22.7 Å². The summed E-state index contributed by atoms with van der Waals surface area (Å²) < 4.78 is 38.4. The summed E-state index contributed by atoms with van der Waals surface area (Å²) in [5, 5.41) is 0. The second-order valence-corrected chi connectivity index (χ2v) is 12.6. The molecule has 1 aromatic rings. The molecule has 8 nitrogen and oxygen atoms in total. The minimum Gasteiger partial charge on any atom is -0.497 e. The molecule has 0 unspecified atom stereocenters. The van der Waals surface area contributed by atoms with Crippen molar-refractivity contribution in [2.75, 3.05) is 66.6 Å². The average Bonchev–Trinajstić information content (AvgIpc) is 2.84. The van der Waals surface area contributed by atoms with Gasteiger partial charge in [0.05, 0.1) is 18.6 Å². The third kappa shape index (κ3) is 7.66. The van der Waals surface area contributed by atoms with Crippen molar-refractivity contribution in [1.82, 2.24) is 14.1 Å². The number of nitrogens with zero attached hydrogens (tertiary/aromatic N) is 3. The van der Waals surface area contributed by atoms with Crippen LogP contribution in [0.15, 0.2) is 17.0 Å². The molecule has 9 heteroatoms. The van der Waals surface area contributed by atoms with E-state index in [-0.39, 0.29) is 36.0 Å². The van der Waals surface area contributed by atoms with Gasteiger partial charge < -0.3 is 19.3 Å². The summed E-state index contributed by atoms with van der Waals surface area (Å²) in [6.45, 7) is 17.6. The number of methoxy groups -OCH3 is 1. The van der Waals surface area contributed by atoms with Crippen LogP contribution in [0, 0.1) is 25.2 Å². The Balaban J connectivity index is 1.81. The van der Waals surface area contributed by atoms with Gasteiger partial charge in [-0.3, -0.25) is 4.79 Å². The average molecular weight is 526 g/mol. The molecule has 1 heterocycles. The summed E-state index contributed by atoms with van der Waals surface area (Å²) in [6.07, 6.45) is 2.00. The van der Waals surface area contributed by atoms with E-state index in [0.29, 0.717) is 22.8 Å². The molecule has 1 aromatic carbocycles. The van der Waals surface area contributed by atoms with Gasteiger partial charge in [0.15, 0.2) is 0 Å². The van der Waals surface area contributed by atoms with Crippen LogP contribution in [0.5, 0.6) is 5.75 Å². The molecule has 0 aliphatic carbocycles. The van der Waals surface area contributed by atoms with E-state index < -0.39 is 10.0 Å². The van der Waals surface area contributed by atoms with Crippen molar-refractivity contribution in [2.45, 2.75) is 59.3 Å². The van der Waals surface area contributed by atoms with Gasteiger partial charge in [0, 0.05) is 33.2 Å². The lowest BCUT2D eigenvalue weighted by atomic mass is 9.73. The van der Waals surface area contributed by atoms with Gasteiger partial charge in [-0.2, -0.15) is 4.31 Å². The Labute approximate surface area is 219 Å². The summed E-state index contributed by atoms with van der Waals surface area (Å²) in [5.74, 6) is 1.19. The van der Waals surface area contributed by atoms with Crippen molar-refractivity contribution in [3.05, 3.63) is 23.3 Å². The number of rotatable bonds is 13. The predicted octanol–water partition coefficient (Wildman–Crippen LogP) is 3.56. The molecule has 0 atom stereocenters. The lowest BCUT2D eigenvalue weighted by molar-refractivity contribution is -0.138. The smallest absolute Gasteiger partial charge is 0.248 e. The number of likely N-dealkylation sites (N-methyl/N-ethyl adjacent to an activating group) is 1. The molecule has 2 rings (SSSR count). The number of amides is 1. The molecule has 0 saturated carbocycles. The molecular weight excluding hydrogens is 478 g/mol. The number of sulfonamides is 1. The monoisotopic (exact) mass is 525 g/mol. The van der Waals surface area contributed by atoms with Crippen molar-refractivity contribution in [3.63, 3.8) is 0 Å². The second-order valence-electron chi connectivity index (χ2n) is 10.6. The molecule has 1 fully saturated rings. The molecule has 1 aliphatic rings. The molecule has 1 amide bonds. The maximum absolute atomic E-state index is 13.1. The molecule has 0 aromatic heterocycles. The molecular formula is C27H47N3O5S. The zero-order chi connectivity index (χ0) is 27.1. The fourth-order valence-corrected chi connectivity index (χ4v) is 6.78. The maximum atomic E-state index is 13.1. The van der Waals surface area contributed by atoms with Gasteiger partial charge in [-0.1, -0.05) is 27.7 Å². The molecule has 206 valence electrons. The first kappa shape index (κ1) is 30.5. The third-order valence-corrected chi connectivity index (χ3v) is 9.76. The van der Waals surface area contributed by atoms with Crippen LogP contribution >= 0.6 is 0 Å². The van der Waals surface area contributed by atoms with E-state index in [1.807, 2.05) is 4.90 Å². The Morgan fingerprint density at radius 2 is 1.67 bits per heavy atom. The Morgan fingerprint density at radius 3 is 2.17 bits per heavy atom. The number of piperidine rings is 1. The number of hydrogen-bond acceptors (Lipinski definition) is 6. The number of benzene rings is 1. The number of ether oxygens (including phenoxy) is 2. The quantitative estimate of drug-likeness (QED) is 0.367. The van der Waals surface area contributed by atoms with Gasteiger partial charge >= 0.3 is 0 Å². The first-order valence-electron chi connectivity index (χ1n) is 13.1. The van der Waals surface area contributed by atoms with Gasteiger partial charge in [0.1, 0.15) is 12.4 Å². The molecule has 0 spiro atoms. The largest absolute Gasteiger partial charge is 0.497 e. The van der Waals surface area contributed by atoms with E-state index in [1.165, 1.54) is 11.4 Å². The number of carbonyl (C=O) groups excluding carboxylic acids is 1. The summed E-state index contributed by atoms with van der Waals surface area (Å²) >= 11 is 0. The molecule has 0 bridgehead atoms. The van der Waals surface area contributed by atoms with E-state index >= 15 is 0 Å². The first-order chi connectivity index (χ1) is 16.9. The maximum Gasteiger partial charge on any atom is 0.248 e. The van der Waals surface area contributed by atoms with Crippen molar-refractivity contribution in [1.29, 1.82) is 0 Å². The molecule has 0 radical (unpaired) electrons. The van der Waals surface area contributed by atoms with Crippen molar-refractivity contribution in [2.24, 2.45) is 11.3 Å². The summed E-state index contributed by atoms with van der Waals surface area (Å²) in [4.78, 5) is 17.3. The lowest BCUT2D eigenvalue weighted by Crippen LogP contribution is -2.46. The van der Waals surface area contributed by atoms with Crippen LogP contribution in [0.2, 0.25) is 0 Å². The minimum absolute atomic E-state index is 0.0256. The van der Waals surface area contributed by atoms with Crippen LogP contribution in [0.25, 0.3) is 0 Å². The van der Waals surface area contributed by atoms with Gasteiger partial charge in [0.2, 0.25) is 15.9 Å². The number of aryl methyl sites for hydroxylation is 2. The number of hydrogen-bond donors (Lipinski definition) is 0. The third-order valence-electron chi connectivity index (χ3n) is 7.59. The van der Waals surface area contributed by atoms with E-state index in [2.05, 4.69) is 32.6 Å². The first-order valence-corrected chi connectivity index (χ1v) is 14.5. The van der Waals surface area contributed by atoms with E-state index in [0.717, 1.165) is 45.6 Å². The van der Waals surface area contributed by atoms with Crippen LogP contribution in [0.4, 0.5) is 0 Å². The van der Waals surface area contributed by atoms with E-state index in [9.17, 15) is 13.2 Å². The highest BCUT2D eigenvalue weighted by Gasteiger charge is 2.34. The Morgan fingerprint density at radius 1 is 1.11 bits per heavy atom. The summed E-state index contributed by atoms with van der Waals surface area (Å²) in [5.41, 5.74) is 1.49. The van der Waals surface area contributed by atoms with E-state index in [1.54, 1.807) is 33.1 Å². The number of likely N-dealkylation sites (tertiary alicyclic amines) is 1. The van der Waals surface area contributed by atoms with Crippen molar-refractivity contribution >= 4 is 15.9 Å². The van der Waals surface area contributed by atoms with Gasteiger partial charge in [0.25, 0.3) is 0 Å². The second kappa shape index (κ2) is 13.2. The highest BCUT2D eigenvalue weighted by molar-refractivity contribution is 7.89. The number of carbonyl (C=O) groups is 1. The zero-order valence-electron chi connectivity index (χ0n) is 23.6. The van der Waals surface area contributed by atoms with Crippen LogP contribution in [0.3, 0.4) is 0 Å². The topological polar surface area (TPSA) is 79.4 Å². The van der Waals surface area contributed by atoms with Gasteiger partial charge in [-0.15, -0.1) is 0 Å². The van der Waals surface area contributed by atoms with Crippen LogP contribution in [-0.2, 0) is 19.6 Å². The Kier molecular flexibility index (Phi) is 11.2. The normalized spacial score (nSPS) is 15.7. The van der Waals surface area contributed by atoms with Gasteiger partial charge in [-0.05, 0) is 74.4 Å². The highest BCUT2D eigenvalue weighted by atomic mass is 32.2. The highest BCUT2D eigenvalue weighted by Crippen LogP contribution is 2.36. The summed E-state index contributed by atoms with van der Waals surface area (Å²) in [7, 11) is -0.585. The predicted molar refractivity (Wildman–Crippen MR) is 144 cm³/mol. The van der Waals surface area contributed by atoms with Crippen LogP contribution in [-0.4, -0.2) is 95.1 Å². The zero-order valence-corrected chi connectivity index (χ0v) is 24.4. The standard InChI is InChI=1S/C27H47N3O5S/c1-9-29(10-2)20-27(5,6)23-11-13-30(14-12-23)25(31)19-35-16-15-28(7)36(32,33)26-21(3)17-24(34-8)18-22(26)4/h17-18,23H,9-16,19-20H2,1-8H3. The minimum atomic E-state index is -3.68. The van der Waals surface area contributed by atoms with E-state index in [4.69, 9.17) is 9.47 Å². The van der Waals surface area contributed by atoms with Gasteiger partial charge in [-0.25, -0.2) is 8.42 Å². The fourth-order valence-electron chi connectivity index (χ4n) is 5.22. The molecule has 0 N–H and O–H groups in total. The fraction of sp³-hybridized carbons (Fsp3) is 0.741. The lowest BCUT2D eigenvalue weighted by Gasteiger charge is -2.43. The molecule has 1 saturated heterocycles. The summed E-state index contributed by atoms with van der Waals surface area (Å²) in [6, 6.07) is 3.44. The Bertz CT molecular complexity index is 945. The van der Waals surface area contributed by atoms with Crippen LogP contribution in [0.1, 0.15) is 51.7 Å². The van der Waals surface area contributed by atoms with Crippen molar-refractivity contribution in [3.8, 4) is 5.75 Å². The van der Waals surface area contributed by atoms with Crippen LogP contribution < -0.4 is 4.74 Å². The molecule has 1 aliphatic heterocycles. The Hall–Kier alpha value is -1.68. The SMILES string of the molecule is CCN(CC)CC(C)(C)C1CCN(C(=O)COCCN(C)S(=O)(=O)c2c(C)cc(OC)cc2C)CC1. The molecule has 36 heavy (non-hydrogen) atoms.